The maximum atomic E-state index is 12.6. The Morgan fingerprint density at radius 1 is 1.23 bits per heavy atom. The summed E-state index contributed by atoms with van der Waals surface area (Å²) in [5, 5.41) is -0.177. The minimum atomic E-state index is -4.48. The second-order valence-electron chi connectivity index (χ2n) is 5.36. The van der Waals surface area contributed by atoms with E-state index >= 15 is 0 Å². The third kappa shape index (κ3) is 4.37. The monoisotopic (exact) mass is 329 g/mol. The molecule has 0 bridgehead atoms. The fourth-order valence-electron chi connectivity index (χ4n) is 1.97. The Hall–Kier alpha value is -1.75. The summed E-state index contributed by atoms with van der Waals surface area (Å²) in [6.07, 6.45) is -2.89. The van der Waals surface area contributed by atoms with Crippen LogP contribution >= 0.6 is 11.6 Å². The highest BCUT2D eigenvalue weighted by molar-refractivity contribution is 6.31. The first-order chi connectivity index (χ1) is 10.3. The number of halogens is 4. The highest BCUT2D eigenvalue weighted by Crippen LogP contribution is 2.34. The molecule has 0 amide bonds. The van der Waals surface area contributed by atoms with E-state index in [2.05, 4.69) is 18.8 Å². The third-order valence-corrected chi connectivity index (χ3v) is 3.16. The quantitative estimate of drug-likeness (QED) is 0.713. The van der Waals surface area contributed by atoms with E-state index in [1.807, 2.05) is 18.2 Å². The summed E-state index contributed by atoms with van der Waals surface area (Å²) in [5.41, 5.74) is 0.175. The molecule has 0 saturated carbocycles. The van der Waals surface area contributed by atoms with Crippen molar-refractivity contribution in [3.63, 3.8) is 0 Å². The molecule has 6 heteroatoms. The predicted octanol–water partition coefficient (Wildman–Crippen LogP) is 5.74. The Bertz CT molecular complexity index is 656. The molecule has 0 saturated heterocycles. The van der Waals surface area contributed by atoms with Crippen molar-refractivity contribution in [2.45, 2.75) is 26.4 Å². The van der Waals surface area contributed by atoms with E-state index in [0.717, 1.165) is 18.1 Å². The van der Waals surface area contributed by atoms with E-state index in [-0.39, 0.29) is 10.9 Å². The summed E-state index contributed by atoms with van der Waals surface area (Å²) < 4.78 is 43.2. The van der Waals surface area contributed by atoms with Gasteiger partial charge in [0.1, 0.15) is 10.8 Å². The number of hydrogen-bond acceptors (Lipinski definition) is 2. The molecule has 0 radical (unpaired) electrons. The lowest BCUT2D eigenvalue weighted by Crippen LogP contribution is -2.05. The van der Waals surface area contributed by atoms with Crippen molar-refractivity contribution in [2.75, 3.05) is 0 Å². The molecule has 0 aliphatic heterocycles. The molecule has 2 nitrogen and oxygen atoms in total. The van der Waals surface area contributed by atoms with Crippen molar-refractivity contribution in [1.29, 1.82) is 0 Å². The molecule has 118 valence electrons. The van der Waals surface area contributed by atoms with Gasteiger partial charge < -0.3 is 4.74 Å². The molecule has 0 spiro atoms. The molecule has 2 rings (SSSR count). The van der Waals surface area contributed by atoms with E-state index in [9.17, 15) is 13.2 Å². The van der Waals surface area contributed by atoms with Gasteiger partial charge in [-0.25, -0.2) is 4.98 Å². The SMILES string of the molecule is CC(C)Cc1cccc(Oc2ncc(C(F)(F)F)cc2Cl)c1. The first-order valence-electron chi connectivity index (χ1n) is 6.75. The molecule has 0 unspecified atom stereocenters. The average Bonchev–Trinajstić information content (AvgIpc) is 2.39. The fraction of sp³-hybridized carbons (Fsp3) is 0.312. The summed E-state index contributed by atoms with van der Waals surface area (Å²) in [7, 11) is 0. The standard InChI is InChI=1S/C16H15ClF3NO/c1-10(2)6-11-4-3-5-13(7-11)22-15-14(17)8-12(9-21-15)16(18,19)20/h3-5,7-10H,6H2,1-2H3. The molecule has 0 fully saturated rings. The maximum Gasteiger partial charge on any atom is 0.417 e. The van der Waals surface area contributed by atoms with Crippen LogP contribution in [0.25, 0.3) is 0 Å². The molecular formula is C16H15ClF3NO. The first-order valence-corrected chi connectivity index (χ1v) is 7.13. The van der Waals surface area contributed by atoms with Gasteiger partial charge in [0.05, 0.1) is 5.56 Å². The number of nitrogens with zero attached hydrogens (tertiary/aromatic N) is 1. The number of benzene rings is 1. The van der Waals surface area contributed by atoms with Crippen molar-refractivity contribution in [3.8, 4) is 11.6 Å². The molecule has 0 aliphatic rings. The Morgan fingerprint density at radius 2 is 1.95 bits per heavy atom. The summed E-state index contributed by atoms with van der Waals surface area (Å²) in [5.74, 6) is 0.937. The molecule has 0 aliphatic carbocycles. The molecule has 22 heavy (non-hydrogen) atoms. The van der Waals surface area contributed by atoms with Crippen molar-refractivity contribution in [1.82, 2.24) is 4.98 Å². The molecule has 0 N–H and O–H groups in total. The van der Waals surface area contributed by atoms with Gasteiger partial charge in [-0.1, -0.05) is 37.6 Å². The van der Waals surface area contributed by atoms with Gasteiger partial charge in [0.25, 0.3) is 0 Å². The van der Waals surface area contributed by atoms with Gasteiger partial charge in [0, 0.05) is 6.20 Å². The van der Waals surface area contributed by atoms with Gasteiger partial charge in [-0.3, -0.25) is 0 Å². The number of aromatic nitrogens is 1. The van der Waals surface area contributed by atoms with Crippen molar-refractivity contribution < 1.29 is 17.9 Å². The molecule has 1 heterocycles. The van der Waals surface area contributed by atoms with E-state index in [1.165, 1.54) is 0 Å². The van der Waals surface area contributed by atoms with Crippen LogP contribution in [0.3, 0.4) is 0 Å². The number of hydrogen-bond donors (Lipinski definition) is 0. The van der Waals surface area contributed by atoms with Crippen LogP contribution in [-0.4, -0.2) is 4.98 Å². The lowest BCUT2D eigenvalue weighted by molar-refractivity contribution is -0.137. The minimum Gasteiger partial charge on any atom is -0.438 e. The van der Waals surface area contributed by atoms with Crippen LogP contribution in [0.2, 0.25) is 5.02 Å². The normalized spacial score (nSPS) is 11.8. The van der Waals surface area contributed by atoms with E-state index in [4.69, 9.17) is 16.3 Å². The van der Waals surface area contributed by atoms with Gasteiger partial charge in [0.2, 0.25) is 5.88 Å². The van der Waals surface area contributed by atoms with Crippen LogP contribution in [0.4, 0.5) is 13.2 Å². The fourth-order valence-corrected chi connectivity index (χ4v) is 2.18. The highest BCUT2D eigenvalue weighted by atomic mass is 35.5. The molecule has 2 aromatic rings. The molecular weight excluding hydrogens is 315 g/mol. The summed E-state index contributed by atoms with van der Waals surface area (Å²) >= 11 is 5.82. The Morgan fingerprint density at radius 3 is 2.55 bits per heavy atom. The molecule has 1 aromatic carbocycles. The number of pyridine rings is 1. The zero-order valence-electron chi connectivity index (χ0n) is 12.1. The first kappa shape index (κ1) is 16.6. The van der Waals surface area contributed by atoms with Crippen LogP contribution < -0.4 is 4.74 Å². The van der Waals surface area contributed by atoms with Gasteiger partial charge >= 0.3 is 6.18 Å². The Kier molecular flexibility index (Phi) is 4.96. The Balaban J connectivity index is 2.21. The smallest absolute Gasteiger partial charge is 0.417 e. The van der Waals surface area contributed by atoms with Gasteiger partial charge in [0.15, 0.2) is 0 Å². The highest BCUT2D eigenvalue weighted by Gasteiger charge is 2.31. The zero-order chi connectivity index (χ0) is 16.3. The van der Waals surface area contributed by atoms with Crippen LogP contribution in [-0.2, 0) is 12.6 Å². The van der Waals surface area contributed by atoms with Crippen LogP contribution in [0.5, 0.6) is 11.6 Å². The van der Waals surface area contributed by atoms with Crippen molar-refractivity contribution >= 4 is 11.6 Å². The van der Waals surface area contributed by atoms with Gasteiger partial charge in [-0.05, 0) is 36.1 Å². The second-order valence-corrected chi connectivity index (χ2v) is 5.76. The zero-order valence-corrected chi connectivity index (χ0v) is 12.9. The number of ether oxygens (including phenoxy) is 1. The van der Waals surface area contributed by atoms with Crippen LogP contribution in [0, 0.1) is 5.92 Å². The topological polar surface area (TPSA) is 22.1 Å². The second kappa shape index (κ2) is 6.57. The Labute approximate surface area is 131 Å². The maximum absolute atomic E-state index is 12.6. The van der Waals surface area contributed by atoms with Gasteiger partial charge in [-0.15, -0.1) is 0 Å². The minimum absolute atomic E-state index is 0.0450. The average molecular weight is 330 g/mol. The molecule has 0 atom stereocenters. The number of alkyl halides is 3. The predicted molar refractivity (Wildman–Crippen MR) is 79.3 cm³/mol. The summed E-state index contributed by atoms with van der Waals surface area (Å²) in [6.45, 7) is 4.20. The largest absolute Gasteiger partial charge is 0.438 e. The van der Waals surface area contributed by atoms with Crippen molar-refractivity contribution in [2.24, 2.45) is 5.92 Å². The van der Waals surface area contributed by atoms with Crippen LogP contribution in [0.15, 0.2) is 36.5 Å². The van der Waals surface area contributed by atoms with Crippen LogP contribution in [0.1, 0.15) is 25.0 Å². The van der Waals surface area contributed by atoms with Crippen molar-refractivity contribution in [3.05, 3.63) is 52.7 Å². The number of rotatable bonds is 4. The molecule has 1 aromatic heterocycles. The van der Waals surface area contributed by atoms with E-state index in [0.29, 0.717) is 17.9 Å². The third-order valence-electron chi connectivity index (χ3n) is 2.89. The van der Waals surface area contributed by atoms with E-state index in [1.54, 1.807) is 6.07 Å². The van der Waals surface area contributed by atoms with E-state index < -0.39 is 11.7 Å². The summed E-state index contributed by atoms with van der Waals surface area (Å²) in [6, 6.07) is 8.14. The lowest BCUT2D eigenvalue weighted by Gasteiger charge is -2.11. The van der Waals surface area contributed by atoms with Gasteiger partial charge in [-0.2, -0.15) is 13.2 Å². The lowest BCUT2D eigenvalue weighted by atomic mass is 10.0. The summed E-state index contributed by atoms with van der Waals surface area (Å²) in [4.78, 5) is 3.66.